The number of rotatable bonds is 10. The maximum absolute atomic E-state index is 8.63. The van der Waals surface area contributed by atoms with Crippen LogP contribution in [-0.2, 0) is 51.4 Å². The molecule has 0 aliphatic heterocycles. The zero-order chi connectivity index (χ0) is 89.0. The van der Waals surface area contributed by atoms with Gasteiger partial charge in [-0.3, -0.25) is 0 Å². The molecule has 15 aromatic rings. The molecule has 15 aromatic carbocycles. The van der Waals surface area contributed by atoms with Crippen LogP contribution >= 0.6 is 0 Å². The van der Waals surface area contributed by atoms with Crippen LogP contribution in [0.1, 0.15) is 140 Å². The van der Waals surface area contributed by atoms with Crippen molar-refractivity contribution in [2.45, 2.75) is 147 Å². The highest BCUT2D eigenvalue weighted by molar-refractivity contribution is 5.65. The van der Waals surface area contributed by atoms with Gasteiger partial charge in [0, 0.05) is 0 Å². The molecule has 0 amide bonds. The first-order chi connectivity index (χ1) is 58.8. The van der Waals surface area contributed by atoms with Crippen LogP contribution < -0.4 is 0 Å². The molecule has 0 spiro atoms. The molecule has 15 rings (SSSR count). The van der Waals surface area contributed by atoms with Crippen molar-refractivity contribution in [2.24, 2.45) is 0 Å². The second-order valence-corrected chi connectivity index (χ2v) is 26.7. The first-order valence-corrected chi connectivity index (χ1v) is 42.0. The second kappa shape index (κ2) is 71.8. The van der Waals surface area contributed by atoms with Crippen molar-refractivity contribution in [1.82, 2.24) is 0 Å². The quantitative estimate of drug-likeness (QED) is 0.0644. The number of aryl methyl sites for hydroxylation is 8. The van der Waals surface area contributed by atoms with Crippen LogP contribution in [0.25, 0.3) is 22.3 Å². The van der Waals surface area contributed by atoms with E-state index in [1.54, 1.807) is 218 Å². The summed E-state index contributed by atoms with van der Waals surface area (Å²) in [6, 6.07) is 131. The van der Waals surface area contributed by atoms with E-state index in [0.717, 1.165) is 51.4 Å². The average molecular weight is 1620 g/mol. The number of phenolic OH excluding ortho intramolecular Hbond substituents is 9. The van der Waals surface area contributed by atoms with Gasteiger partial charge in [-0.25, -0.2) is 0 Å². The van der Waals surface area contributed by atoms with Gasteiger partial charge in [-0.1, -0.05) is 405 Å². The SMILES string of the molecule is CCC.CCC.CCc1ccc(-c2ccc(CC)cc2)cc1.CCc1ccc(-c2ccc(CC)cc2)cc1.CCc1ccc(CC)cc1.CCc1ccc(CC)cc1.Oc1ccccc1.Oc1ccccc1.Oc1ccccc1.Oc1ccccc1.Oc1ccccc1.Oc1ccccc1.Oc1ccccc1.Oc1ccccc1.Oc1ccccc1. The van der Waals surface area contributed by atoms with Gasteiger partial charge in [0.25, 0.3) is 0 Å². The van der Waals surface area contributed by atoms with Gasteiger partial charge >= 0.3 is 0 Å². The molecule has 0 fully saturated rings. The van der Waals surface area contributed by atoms with Crippen LogP contribution in [0, 0.1) is 0 Å². The molecule has 636 valence electrons. The van der Waals surface area contributed by atoms with Crippen molar-refractivity contribution in [3.8, 4) is 74.0 Å². The van der Waals surface area contributed by atoms with E-state index in [9.17, 15) is 0 Å². The number of hydrogen-bond donors (Lipinski definition) is 9. The third kappa shape index (κ3) is 57.3. The van der Waals surface area contributed by atoms with Crippen molar-refractivity contribution in [3.63, 3.8) is 0 Å². The topological polar surface area (TPSA) is 182 Å². The van der Waals surface area contributed by atoms with E-state index >= 15 is 0 Å². The Hall–Kier alpha value is -13.5. The summed E-state index contributed by atoms with van der Waals surface area (Å²) in [7, 11) is 0. The molecule has 0 aliphatic carbocycles. The van der Waals surface area contributed by atoms with E-state index in [2.05, 4.69) is 229 Å². The average Bonchev–Trinajstić information content (AvgIpc) is 0.859. The van der Waals surface area contributed by atoms with Gasteiger partial charge in [0.1, 0.15) is 51.7 Å². The third-order valence-electron chi connectivity index (χ3n) is 16.6. The van der Waals surface area contributed by atoms with Crippen LogP contribution in [0.15, 0.2) is 419 Å². The largest absolute Gasteiger partial charge is 0.508 e. The number of phenols is 9. The molecule has 9 heteroatoms. The summed E-state index contributed by atoms with van der Waals surface area (Å²) in [5.74, 6) is 2.90. The monoisotopic (exact) mass is 1620 g/mol. The molecular formula is C112H134O9. The lowest BCUT2D eigenvalue weighted by molar-refractivity contribution is 0.475. The smallest absolute Gasteiger partial charge is 0.115 e. The van der Waals surface area contributed by atoms with Crippen molar-refractivity contribution < 1.29 is 46.0 Å². The van der Waals surface area contributed by atoms with Crippen LogP contribution in [0.4, 0.5) is 0 Å². The first-order valence-electron chi connectivity index (χ1n) is 42.0. The Morgan fingerprint density at radius 3 is 0.248 bits per heavy atom. The molecule has 0 radical (unpaired) electrons. The molecule has 0 bridgehead atoms. The molecule has 9 nitrogen and oxygen atoms in total. The Morgan fingerprint density at radius 1 is 0.116 bits per heavy atom. The maximum atomic E-state index is 8.63. The molecule has 121 heavy (non-hydrogen) atoms. The predicted octanol–water partition coefficient (Wildman–Crippen LogP) is 29.9. The van der Waals surface area contributed by atoms with Gasteiger partial charge < -0.3 is 46.0 Å². The summed E-state index contributed by atoms with van der Waals surface area (Å²) < 4.78 is 0. The molecule has 0 saturated heterocycles. The minimum Gasteiger partial charge on any atom is -0.508 e. The van der Waals surface area contributed by atoms with Crippen LogP contribution in [0.5, 0.6) is 51.7 Å². The number of para-hydroxylation sites is 9. The summed E-state index contributed by atoms with van der Waals surface area (Å²) in [5.41, 5.74) is 16.5. The minimum absolute atomic E-state index is 0.322. The Labute approximate surface area is 725 Å². The van der Waals surface area contributed by atoms with Crippen LogP contribution in [0.3, 0.4) is 0 Å². The van der Waals surface area contributed by atoms with Gasteiger partial charge in [-0.15, -0.1) is 0 Å². The molecule has 0 unspecified atom stereocenters. The molecular weight excluding hydrogens is 1490 g/mol. The lowest BCUT2D eigenvalue weighted by Gasteiger charge is -2.04. The molecule has 0 aromatic heterocycles. The van der Waals surface area contributed by atoms with Gasteiger partial charge in [-0.05, 0) is 227 Å². The molecule has 9 N–H and O–H groups in total. The Kier molecular flexibility index (Phi) is 62.6. The molecule has 0 heterocycles. The Bertz CT molecular complexity index is 3890. The highest BCUT2D eigenvalue weighted by Crippen LogP contribution is 2.23. The van der Waals surface area contributed by atoms with E-state index in [1.807, 2.05) is 54.6 Å². The highest BCUT2D eigenvalue weighted by atomic mass is 16.3. The number of hydrogen-bond acceptors (Lipinski definition) is 9. The van der Waals surface area contributed by atoms with Crippen LogP contribution in [0.2, 0.25) is 0 Å². The highest BCUT2D eigenvalue weighted by Gasteiger charge is 2.00. The fourth-order valence-corrected chi connectivity index (χ4v) is 9.60. The zero-order valence-electron chi connectivity index (χ0n) is 73.4. The summed E-state index contributed by atoms with van der Waals surface area (Å²) in [6.07, 6.45) is 11.5. The fraction of sp³-hybridized carbons (Fsp3) is 0.196. The van der Waals surface area contributed by atoms with Crippen LogP contribution in [-0.4, -0.2) is 46.0 Å². The number of benzene rings is 15. The molecule has 0 aliphatic rings. The van der Waals surface area contributed by atoms with E-state index in [1.165, 1.54) is 79.6 Å². The van der Waals surface area contributed by atoms with Gasteiger partial charge in [0.2, 0.25) is 0 Å². The van der Waals surface area contributed by atoms with E-state index in [4.69, 9.17) is 46.0 Å². The van der Waals surface area contributed by atoms with Crippen molar-refractivity contribution >= 4 is 0 Å². The predicted molar refractivity (Wildman–Crippen MR) is 517 cm³/mol. The van der Waals surface area contributed by atoms with E-state index < -0.39 is 0 Å². The van der Waals surface area contributed by atoms with Crippen molar-refractivity contribution in [1.29, 1.82) is 0 Å². The summed E-state index contributed by atoms with van der Waals surface area (Å²) in [4.78, 5) is 0. The second-order valence-electron chi connectivity index (χ2n) is 26.7. The van der Waals surface area contributed by atoms with Crippen molar-refractivity contribution in [3.05, 3.63) is 463 Å². The zero-order valence-corrected chi connectivity index (χ0v) is 73.4. The minimum atomic E-state index is 0.322. The fourth-order valence-electron chi connectivity index (χ4n) is 9.60. The molecule has 0 saturated carbocycles. The Balaban J connectivity index is 0.000000660. The standard InChI is InChI=1S/2C16H18.2C10H14.9C6H6O.2C3H8/c2*1-3-13-5-9-15(10-6-13)16-11-7-14(4-2)8-12-16;2*1-3-9-5-7-10(4-2)8-6-9;9*7-6-4-2-1-3-5-6;2*1-3-2/h2*5-12H,3-4H2,1-2H3;2*5-8H,3-4H2,1-2H3;9*1-5,7H;2*3H2,1-2H3. The number of aromatic hydroxyl groups is 9. The lowest BCUT2D eigenvalue weighted by Crippen LogP contribution is -1.83. The Morgan fingerprint density at radius 2 is 0.190 bits per heavy atom. The summed E-state index contributed by atoms with van der Waals surface area (Å²) in [6.45, 7) is 26.0. The normalized spacial score (nSPS) is 9.12. The van der Waals surface area contributed by atoms with Gasteiger partial charge in [0.15, 0.2) is 0 Å². The van der Waals surface area contributed by atoms with Gasteiger partial charge in [0.05, 0.1) is 0 Å². The third-order valence-corrected chi connectivity index (χ3v) is 16.6. The summed E-state index contributed by atoms with van der Waals surface area (Å²) >= 11 is 0. The summed E-state index contributed by atoms with van der Waals surface area (Å²) in [5, 5.41) is 77.7. The van der Waals surface area contributed by atoms with Crippen molar-refractivity contribution in [2.75, 3.05) is 0 Å². The first kappa shape index (κ1) is 106. The van der Waals surface area contributed by atoms with Gasteiger partial charge in [-0.2, -0.15) is 0 Å². The van der Waals surface area contributed by atoms with E-state index in [0.29, 0.717) is 51.7 Å². The lowest BCUT2D eigenvalue weighted by atomic mass is 10.0. The molecule has 0 atom stereocenters. The maximum Gasteiger partial charge on any atom is 0.115 e. The van der Waals surface area contributed by atoms with E-state index in [-0.39, 0.29) is 0 Å².